The van der Waals surface area contributed by atoms with Crippen molar-refractivity contribution in [3.8, 4) is 0 Å². The van der Waals surface area contributed by atoms with Gasteiger partial charge in [0.1, 0.15) is 5.56 Å². The Hall–Kier alpha value is -2.12. The van der Waals surface area contributed by atoms with E-state index in [0.717, 1.165) is 12.8 Å². The Morgan fingerprint density at radius 1 is 1.27 bits per heavy atom. The highest BCUT2D eigenvalue weighted by atomic mass is 35.5. The maximum Gasteiger partial charge on any atom is 0.263 e. The molecule has 0 spiro atoms. The third-order valence-electron chi connectivity index (χ3n) is 4.60. The van der Waals surface area contributed by atoms with Crippen molar-refractivity contribution < 1.29 is 9.59 Å². The molecule has 6 nitrogen and oxygen atoms in total. The zero-order valence-corrected chi connectivity index (χ0v) is 16.0. The number of aryl methyl sites for hydroxylation is 1. The van der Waals surface area contributed by atoms with Gasteiger partial charge in [-0.05, 0) is 43.0 Å². The monoisotopic (exact) mass is 393 g/mol. The molecule has 8 heteroatoms. The van der Waals surface area contributed by atoms with Gasteiger partial charge in [-0.1, -0.05) is 11.6 Å². The minimum absolute atomic E-state index is 0.117. The Morgan fingerprint density at radius 2 is 2.00 bits per heavy atom. The van der Waals surface area contributed by atoms with Gasteiger partial charge in [0.05, 0.1) is 9.21 Å². The minimum Gasteiger partial charge on any atom is -0.351 e. The number of pyridine rings is 1. The molecular formula is C18H20ClN3O3S. The van der Waals surface area contributed by atoms with Crippen molar-refractivity contribution in [2.45, 2.75) is 12.8 Å². The Balaban J connectivity index is 1.51. The van der Waals surface area contributed by atoms with E-state index in [-0.39, 0.29) is 22.9 Å². The molecule has 26 heavy (non-hydrogen) atoms. The number of nitrogens with one attached hydrogen (secondary N) is 1. The van der Waals surface area contributed by atoms with E-state index < -0.39 is 0 Å². The van der Waals surface area contributed by atoms with Crippen molar-refractivity contribution in [3.05, 3.63) is 55.6 Å². The van der Waals surface area contributed by atoms with Gasteiger partial charge < -0.3 is 14.8 Å². The normalized spacial score (nSPS) is 15.1. The molecule has 1 aliphatic rings. The molecule has 0 saturated carbocycles. The Bertz CT molecular complexity index is 869. The summed E-state index contributed by atoms with van der Waals surface area (Å²) < 4.78 is 2.00. The number of carbonyl (C=O) groups excluding carboxylic acids is 2. The number of halogens is 1. The molecule has 1 N–H and O–H groups in total. The second kappa shape index (κ2) is 8.05. The van der Waals surface area contributed by atoms with Crippen LogP contribution in [0, 0.1) is 5.92 Å². The highest BCUT2D eigenvalue weighted by Gasteiger charge is 2.25. The summed E-state index contributed by atoms with van der Waals surface area (Å²) in [5, 5.41) is 2.93. The molecule has 3 heterocycles. The lowest BCUT2D eigenvalue weighted by molar-refractivity contribution is 0.0682. The molecular weight excluding hydrogens is 374 g/mol. The van der Waals surface area contributed by atoms with Gasteiger partial charge in [-0.15, -0.1) is 11.3 Å². The van der Waals surface area contributed by atoms with Gasteiger partial charge in [-0.2, -0.15) is 0 Å². The van der Waals surface area contributed by atoms with Crippen molar-refractivity contribution in [2.75, 3.05) is 19.6 Å². The first kappa shape index (κ1) is 18.7. The van der Waals surface area contributed by atoms with Crippen LogP contribution in [-0.4, -0.2) is 40.9 Å². The van der Waals surface area contributed by atoms with Gasteiger partial charge in [0.25, 0.3) is 17.4 Å². The van der Waals surface area contributed by atoms with Gasteiger partial charge >= 0.3 is 0 Å². The molecule has 2 aromatic heterocycles. The number of aromatic nitrogens is 1. The van der Waals surface area contributed by atoms with E-state index >= 15 is 0 Å². The summed E-state index contributed by atoms with van der Waals surface area (Å²) >= 11 is 7.10. The molecule has 0 atom stereocenters. The van der Waals surface area contributed by atoms with Crippen LogP contribution in [0.15, 0.2) is 35.3 Å². The molecule has 0 aliphatic carbocycles. The van der Waals surface area contributed by atoms with Crippen molar-refractivity contribution in [1.82, 2.24) is 14.8 Å². The number of piperidine rings is 1. The van der Waals surface area contributed by atoms with E-state index in [1.165, 1.54) is 15.9 Å². The van der Waals surface area contributed by atoms with Gasteiger partial charge in [-0.25, -0.2) is 0 Å². The molecule has 1 aliphatic heterocycles. The fourth-order valence-corrected chi connectivity index (χ4v) is 3.99. The third kappa shape index (κ3) is 4.16. The number of likely N-dealkylation sites (tertiary alicyclic amines) is 1. The van der Waals surface area contributed by atoms with Gasteiger partial charge in [-0.3, -0.25) is 14.4 Å². The maximum atomic E-state index is 12.6. The standard InChI is InChI=1S/C18H20ClN3O3S/c1-21-8-2-3-13(17(21)24)18(25)22-9-6-12(7-10-22)11-20-16(23)14-4-5-15(19)26-14/h2-5,8,12H,6-7,9-11H2,1H3,(H,20,23). The summed E-state index contributed by atoms with van der Waals surface area (Å²) in [6.45, 7) is 1.74. The van der Waals surface area contributed by atoms with E-state index in [9.17, 15) is 14.4 Å². The Labute approximate surface area is 160 Å². The average Bonchev–Trinajstić information content (AvgIpc) is 3.08. The summed E-state index contributed by atoms with van der Waals surface area (Å²) in [7, 11) is 1.63. The SMILES string of the molecule is Cn1cccc(C(=O)N2CCC(CNC(=O)c3ccc(Cl)s3)CC2)c1=O. The van der Waals surface area contributed by atoms with E-state index in [1.807, 2.05) is 0 Å². The molecule has 138 valence electrons. The molecule has 0 aromatic carbocycles. The lowest BCUT2D eigenvalue weighted by Gasteiger charge is -2.32. The van der Waals surface area contributed by atoms with Crippen LogP contribution in [0.5, 0.6) is 0 Å². The highest BCUT2D eigenvalue weighted by Crippen LogP contribution is 2.22. The molecule has 2 aromatic rings. The van der Waals surface area contributed by atoms with Crippen molar-refractivity contribution in [1.29, 1.82) is 0 Å². The maximum absolute atomic E-state index is 12.6. The first-order chi connectivity index (χ1) is 12.5. The summed E-state index contributed by atoms with van der Waals surface area (Å²) in [6.07, 6.45) is 3.23. The summed E-state index contributed by atoms with van der Waals surface area (Å²) in [6, 6.07) is 6.69. The van der Waals surface area contributed by atoms with Crippen LogP contribution in [0.3, 0.4) is 0 Å². The second-order valence-corrected chi connectivity index (χ2v) is 8.10. The van der Waals surface area contributed by atoms with Gasteiger partial charge in [0.2, 0.25) is 0 Å². The Morgan fingerprint density at radius 3 is 2.65 bits per heavy atom. The van der Waals surface area contributed by atoms with Crippen LogP contribution in [0.2, 0.25) is 4.34 Å². The first-order valence-electron chi connectivity index (χ1n) is 8.44. The van der Waals surface area contributed by atoms with Crippen LogP contribution in [0.1, 0.15) is 32.9 Å². The van der Waals surface area contributed by atoms with Crippen LogP contribution in [0.25, 0.3) is 0 Å². The third-order valence-corrected chi connectivity index (χ3v) is 5.83. The summed E-state index contributed by atoms with van der Waals surface area (Å²) in [5.41, 5.74) is -0.0715. The van der Waals surface area contributed by atoms with E-state index in [2.05, 4.69) is 5.32 Å². The van der Waals surface area contributed by atoms with Crippen molar-refractivity contribution >= 4 is 34.8 Å². The molecule has 0 unspecified atom stereocenters. The fourth-order valence-electron chi connectivity index (χ4n) is 3.03. The number of nitrogens with zero attached hydrogens (tertiary/aromatic N) is 2. The van der Waals surface area contributed by atoms with Gasteiger partial charge in [0.15, 0.2) is 0 Å². The molecule has 3 rings (SSSR count). The van der Waals surface area contributed by atoms with Gasteiger partial charge in [0, 0.05) is 32.9 Å². The topological polar surface area (TPSA) is 71.4 Å². The highest BCUT2D eigenvalue weighted by molar-refractivity contribution is 7.17. The number of rotatable bonds is 4. The lowest BCUT2D eigenvalue weighted by Crippen LogP contribution is -2.43. The van der Waals surface area contributed by atoms with Crippen LogP contribution in [0.4, 0.5) is 0 Å². The largest absolute Gasteiger partial charge is 0.351 e. The summed E-state index contributed by atoms with van der Waals surface area (Å²) in [4.78, 5) is 39.0. The van der Waals surface area contributed by atoms with Crippen molar-refractivity contribution in [3.63, 3.8) is 0 Å². The number of hydrogen-bond acceptors (Lipinski definition) is 4. The predicted octanol–water partition coefficient (Wildman–Crippen LogP) is 2.38. The molecule has 1 fully saturated rings. The number of thiophene rings is 1. The first-order valence-corrected chi connectivity index (χ1v) is 9.63. The molecule has 0 radical (unpaired) electrons. The van der Waals surface area contributed by atoms with E-state index in [0.29, 0.717) is 34.8 Å². The number of hydrogen-bond donors (Lipinski definition) is 1. The zero-order valence-electron chi connectivity index (χ0n) is 14.4. The molecule has 0 bridgehead atoms. The van der Waals surface area contributed by atoms with E-state index in [1.54, 1.807) is 42.4 Å². The van der Waals surface area contributed by atoms with Crippen molar-refractivity contribution in [2.24, 2.45) is 13.0 Å². The zero-order chi connectivity index (χ0) is 18.7. The minimum atomic E-state index is -0.276. The summed E-state index contributed by atoms with van der Waals surface area (Å²) in [5.74, 6) is -0.0212. The second-order valence-electron chi connectivity index (χ2n) is 6.39. The van der Waals surface area contributed by atoms with Crippen LogP contribution >= 0.6 is 22.9 Å². The molecule has 1 saturated heterocycles. The average molecular weight is 394 g/mol. The van der Waals surface area contributed by atoms with Crippen LogP contribution < -0.4 is 10.9 Å². The van der Waals surface area contributed by atoms with E-state index in [4.69, 9.17) is 11.6 Å². The lowest BCUT2D eigenvalue weighted by atomic mass is 9.96. The quantitative estimate of drug-likeness (QED) is 0.866. The van der Waals surface area contributed by atoms with Crippen LogP contribution in [-0.2, 0) is 7.05 Å². The Kier molecular flexibility index (Phi) is 5.78. The molecule has 2 amide bonds. The smallest absolute Gasteiger partial charge is 0.263 e. The fraction of sp³-hybridized carbons (Fsp3) is 0.389. The predicted molar refractivity (Wildman–Crippen MR) is 102 cm³/mol. The number of amides is 2. The number of carbonyl (C=O) groups is 2.